The number of halogens is 2. The van der Waals surface area contributed by atoms with Gasteiger partial charge in [0.05, 0.1) is 7.11 Å². The molecule has 1 heterocycles. The van der Waals surface area contributed by atoms with Gasteiger partial charge in [-0.3, -0.25) is 9.59 Å². The van der Waals surface area contributed by atoms with Gasteiger partial charge in [-0.05, 0) is 24.8 Å². The summed E-state index contributed by atoms with van der Waals surface area (Å²) in [5, 5.41) is 7.22. The molecular weight excluding hydrogens is 466 g/mol. The molecule has 0 spiro atoms. The summed E-state index contributed by atoms with van der Waals surface area (Å²) >= 11 is 0. The number of aromatic nitrogens is 1. The highest BCUT2D eigenvalue weighted by molar-refractivity contribution is 8.14. The lowest BCUT2D eigenvalue weighted by Gasteiger charge is -2.26. The number of nitrogens with one attached hydrogen (secondary N) is 1. The van der Waals surface area contributed by atoms with Crippen molar-refractivity contribution >= 4 is 22.8 Å². The Hall–Kier alpha value is -2.56. The number of carbonyl (C=O) groups excluding carboxylic acids is 1. The van der Waals surface area contributed by atoms with Crippen LogP contribution in [0.1, 0.15) is 48.0 Å². The Morgan fingerprint density at radius 3 is 2.15 bits per heavy atom. The van der Waals surface area contributed by atoms with Crippen LogP contribution in [0.3, 0.4) is 0 Å². The normalized spacial score (nSPS) is 10.8. The molecule has 0 bridgehead atoms. The standard InChI is InChI=1S/C19H23F2NO2S.2C2H6.CH3NO3/c1-19(2,25(4)5)8-9-22-12-17(21)15(11-18(22)23)14-7-6-13(24-3)10-16(14)20;2*1-2;3-1-2-5-4/h6-7,10-12H,4,8-9H2,1-3,5H3;2*1-2H3;1,4H,(H,2,3). The van der Waals surface area contributed by atoms with E-state index in [1.165, 1.54) is 35.4 Å². The number of hydrogen-bond acceptors (Lipinski definition) is 5. The van der Waals surface area contributed by atoms with Crippen LogP contribution in [0.15, 0.2) is 35.3 Å². The molecule has 7 nitrogen and oxygen atoms in total. The Bertz CT molecular complexity index is 949. The van der Waals surface area contributed by atoms with Crippen LogP contribution in [0.4, 0.5) is 8.78 Å². The van der Waals surface area contributed by atoms with Crippen LogP contribution in [0.25, 0.3) is 11.1 Å². The van der Waals surface area contributed by atoms with E-state index in [-0.39, 0.29) is 38.3 Å². The van der Waals surface area contributed by atoms with E-state index >= 15 is 0 Å². The maximum atomic E-state index is 14.5. The fraction of sp³-hybridized carbons (Fsp3) is 0.458. The van der Waals surface area contributed by atoms with Crippen molar-refractivity contribution in [2.24, 2.45) is 0 Å². The molecule has 0 fully saturated rings. The summed E-state index contributed by atoms with van der Waals surface area (Å²) in [6, 6.07) is 5.25. The molecule has 0 aliphatic heterocycles. The third-order valence-corrected chi connectivity index (χ3v) is 6.63. The Balaban J connectivity index is 0. The van der Waals surface area contributed by atoms with Crippen molar-refractivity contribution in [2.75, 3.05) is 13.4 Å². The highest BCUT2D eigenvalue weighted by Crippen LogP contribution is 2.31. The molecule has 10 heteroatoms. The largest absolute Gasteiger partial charge is 0.497 e. The van der Waals surface area contributed by atoms with Gasteiger partial charge in [-0.15, -0.1) is 4.99 Å². The highest BCUT2D eigenvalue weighted by Gasteiger charge is 2.19. The topological polar surface area (TPSA) is 89.8 Å². The number of carbonyl (C=O) groups is 1. The van der Waals surface area contributed by atoms with Crippen LogP contribution in [0, 0.1) is 11.6 Å². The molecule has 194 valence electrons. The molecule has 0 aliphatic rings. The molecule has 1 unspecified atom stereocenters. The van der Waals surface area contributed by atoms with E-state index in [0.717, 1.165) is 12.3 Å². The van der Waals surface area contributed by atoms with Crippen molar-refractivity contribution in [2.45, 2.75) is 59.3 Å². The van der Waals surface area contributed by atoms with E-state index in [9.17, 15) is 13.6 Å². The SMILES string of the molecule is C=S(C)C(C)(C)CCn1cc(F)c(-c2ccc(OC)cc2F)cc1=O.CC.CC.O=CNOO. The van der Waals surface area contributed by atoms with Gasteiger partial charge in [0, 0.05) is 40.7 Å². The average Bonchev–Trinajstić information content (AvgIpc) is 2.83. The first kappa shape index (κ1) is 33.6. The second-order valence-corrected chi connectivity index (χ2v) is 9.27. The number of rotatable bonds is 8. The first-order chi connectivity index (χ1) is 16.1. The number of methoxy groups -OCH3 is 1. The first-order valence-corrected chi connectivity index (χ1v) is 12.6. The van der Waals surface area contributed by atoms with E-state index in [4.69, 9.17) is 14.8 Å². The molecule has 0 radical (unpaired) electrons. The smallest absolute Gasteiger partial charge is 0.251 e. The third kappa shape index (κ3) is 11.0. The van der Waals surface area contributed by atoms with Gasteiger partial charge >= 0.3 is 0 Å². The zero-order valence-corrected chi connectivity index (χ0v) is 22.1. The van der Waals surface area contributed by atoms with Crippen LogP contribution in [-0.2, 0) is 16.3 Å². The molecule has 0 saturated heterocycles. The monoisotopic (exact) mass is 504 g/mol. The second kappa shape index (κ2) is 17.9. The van der Waals surface area contributed by atoms with E-state index in [1.807, 2.05) is 34.0 Å². The Labute approximate surface area is 203 Å². The fourth-order valence-electron chi connectivity index (χ4n) is 2.35. The maximum Gasteiger partial charge on any atom is 0.251 e. The van der Waals surface area contributed by atoms with Crippen LogP contribution >= 0.6 is 10.5 Å². The molecule has 34 heavy (non-hydrogen) atoms. The lowest BCUT2D eigenvalue weighted by Crippen LogP contribution is -2.25. The van der Waals surface area contributed by atoms with Crippen LogP contribution < -0.4 is 15.8 Å². The molecule has 0 saturated carbocycles. The Morgan fingerprint density at radius 2 is 1.74 bits per heavy atom. The summed E-state index contributed by atoms with van der Waals surface area (Å²) in [6.45, 7) is 12.5. The summed E-state index contributed by atoms with van der Waals surface area (Å²) < 4.78 is 34.9. The number of amides is 1. The van der Waals surface area contributed by atoms with Crippen molar-refractivity contribution in [1.82, 2.24) is 10.0 Å². The second-order valence-electron chi connectivity index (χ2n) is 6.89. The molecule has 1 amide bonds. The number of hydroxylamine groups is 1. The van der Waals surface area contributed by atoms with Crippen molar-refractivity contribution in [3.05, 3.63) is 52.5 Å². The van der Waals surface area contributed by atoms with Gasteiger partial charge in [-0.25, -0.2) is 19.5 Å². The zero-order valence-electron chi connectivity index (χ0n) is 21.3. The minimum atomic E-state index is -0.636. The Kier molecular flexibility index (Phi) is 17.7. The lowest BCUT2D eigenvalue weighted by atomic mass is 10.1. The van der Waals surface area contributed by atoms with Gasteiger partial charge in [0.15, 0.2) is 0 Å². The van der Waals surface area contributed by atoms with Gasteiger partial charge in [0.1, 0.15) is 17.4 Å². The minimum absolute atomic E-state index is 0.0377. The quantitative estimate of drug-likeness (QED) is 0.215. The minimum Gasteiger partial charge on any atom is -0.497 e. The molecule has 1 atom stereocenters. The number of nitrogens with zero attached hydrogens (tertiary/aromatic N) is 1. The molecule has 1 aromatic carbocycles. The molecule has 2 rings (SSSR count). The van der Waals surface area contributed by atoms with Crippen molar-refractivity contribution in [1.29, 1.82) is 0 Å². The number of benzene rings is 1. The highest BCUT2D eigenvalue weighted by atomic mass is 32.2. The van der Waals surface area contributed by atoms with Gasteiger partial charge in [0.25, 0.3) is 5.56 Å². The molecule has 2 aromatic rings. The molecule has 2 N–H and O–H groups in total. The average molecular weight is 505 g/mol. The van der Waals surface area contributed by atoms with Crippen molar-refractivity contribution in [3.63, 3.8) is 0 Å². The van der Waals surface area contributed by atoms with Crippen LogP contribution in [0.5, 0.6) is 5.75 Å². The number of hydrogen-bond donors (Lipinski definition) is 2. The van der Waals surface area contributed by atoms with Gasteiger partial charge in [0.2, 0.25) is 6.41 Å². The molecular formula is C24H38F2N2O5S. The number of pyridine rings is 1. The predicted octanol–water partition coefficient (Wildman–Crippen LogP) is 5.49. The number of aryl methyl sites for hydroxylation is 1. The van der Waals surface area contributed by atoms with Crippen LogP contribution in [0.2, 0.25) is 0 Å². The maximum absolute atomic E-state index is 14.5. The third-order valence-electron chi connectivity index (χ3n) is 4.54. The predicted molar refractivity (Wildman–Crippen MR) is 138 cm³/mol. The van der Waals surface area contributed by atoms with E-state index in [1.54, 1.807) is 0 Å². The van der Waals surface area contributed by atoms with Gasteiger partial charge in [-0.2, -0.15) is 10.5 Å². The van der Waals surface area contributed by atoms with Gasteiger partial charge < -0.3 is 9.30 Å². The fourth-order valence-corrected chi connectivity index (χ4v) is 2.79. The number of ether oxygens (including phenoxy) is 1. The zero-order chi connectivity index (χ0) is 26.9. The summed E-state index contributed by atoms with van der Waals surface area (Å²) in [5.41, 5.74) is 1.12. The molecule has 0 aliphatic carbocycles. The van der Waals surface area contributed by atoms with E-state index in [2.05, 4.69) is 24.7 Å². The summed E-state index contributed by atoms with van der Waals surface area (Å²) in [4.78, 5) is 24.4. The first-order valence-electron chi connectivity index (χ1n) is 10.8. The summed E-state index contributed by atoms with van der Waals surface area (Å²) in [5.74, 6) is 3.12. The van der Waals surface area contributed by atoms with E-state index in [0.29, 0.717) is 18.7 Å². The summed E-state index contributed by atoms with van der Waals surface area (Å²) in [7, 11) is 1.35. The molecule has 1 aromatic heterocycles. The Morgan fingerprint density at radius 1 is 1.15 bits per heavy atom. The van der Waals surface area contributed by atoms with Crippen molar-refractivity contribution < 1.29 is 28.6 Å². The van der Waals surface area contributed by atoms with Gasteiger partial charge in [-0.1, -0.05) is 47.4 Å². The van der Waals surface area contributed by atoms with E-state index < -0.39 is 11.6 Å². The van der Waals surface area contributed by atoms with Crippen LogP contribution in [-0.4, -0.2) is 40.2 Å². The lowest BCUT2D eigenvalue weighted by molar-refractivity contribution is -0.281. The van der Waals surface area contributed by atoms with Crippen molar-refractivity contribution in [3.8, 4) is 16.9 Å². The summed E-state index contributed by atoms with van der Waals surface area (Å²) in [6.07, 6.45) is 4.10.